The lowest BCUT2D eigenvalue weighted by atomic mass is 10.1. The molecule has 0 fully saturated rings. The number of hydrogen-bond acceptors (Lipinski definition) is 6. The predicted octanol–water partition coefficient (Wildman–Crippen LogP) is 5.15. The van der Waals surface area contributed by atoms with E-state index in [1.54, 1.807) is 13.0 Å². The summed E-state index contributed by atoms with van der Waals surface area (Å²) >= 11 is 6.28. The quantitative estimate of drug-likeness (QED) is 0.285. The van der Waals surface area contributed by atoms with Gasteiger partial charge in [0, 0.05) is 17.5 Å². The highest BCUT2D eigenvalue weighted by atomic mass is 35.5. The van der Waals surface area contributed by atoms with Gasteiger partial charge >= 0.3 is 17.7 Å². The smallest absolute Gasteiger partial charge is 0.408 e. The van der Waals surface area contributed by atoms with Gasteiger partial charge < -0.3 is 19.2 Å². The Morgan fingerprint density at radius 3 is 2.62 bits per heavy atom. The molecule has 1 aromatic heterocycles. The van der Waals surface area contributed by atoms with E-state index in [1.807, 2.05) is 37.3 Å². The van der Waals surface area contributed by atoms with Gasteiger partial charge in [-0.05, 0) is 30.5 Å². The summed E-state index contributed by atoms with van der Waals surface area (Å²) in [4.78, 5) is 36.7. The molecule has 0 aliphatic carbocycles. The van der Waals surface area contributed by atoms with Crippen LogP contribution in [0.1, 0.15) is 37.3 Å². The fraction of sp³-hybridized carbons (Fsp3) is 0.292. The number of halogens is 1. The second-order valence-electron chi connectivity index (χ2n) is 7.35. The number of unbranched alkanes of at least 4 members (excludes halogenated alkanes) is 1. The van der Waals surface area contributed by atoms with Crippen LogP contribution in [0.5, 0.6) is 5.75 Å². The van der Waals surface area contributed by atoms with Gasteiger partial charge in [0.25, 0.3) is 0 Å². The third kappa shape index (κ3) is 6.11. The number of esters is 1. The molecule has 1 N–H and O–H groups in total. The van der Waals surface area contributed by atoms with Crippen molar-refractivity contribution < 1.29 is 23.5 Å². The predicted molar refractivity (Wildman–Crippen MR) is 121 cm³/mol. The molecule has 0 saturated carbocycles. The van der Waals surface area contributed by atoms with Crippen LogP contribution in [0.4, 0.5) is 4.79 Å². The Morgan fingerprint density at radius 1 is 1.16 bits per heavy atom. The van der Waals surface area contributed by atoms with Crippen LogP contribution in [-0.4, -0.2) is 18.1 Å². The van der Waals surface area contributed by atoms with Gasteiger partial charge in [-0.3, -0.25) is 0 Å². The lowest BCUT2D eigenvalue weighted by Gasteiger charge is -2.18. The summed E-state index contributed by atoms with van der Waals surface area (Å²) in [7, 11) is 0. The number of hydrogen-bond donors (Lipinski definition) is 1. The Balaban J connectivity index is 1.72. The van der Waals surface area contributed by atoms with E-state index in [0.717, 1.165) is 12.0 Å². The maximum atomic E-state index is 12.8. The second kappa shape index (κ2) is 10.8. The van der Waals surface area contributed by atoms with Gasteiger partial charge in [0.2, 0.25) is 0 Å². The van der Waals surface area contributed by atoms with Crippen molar-refractivity contribution in [2.24, 2.45) is 0 Å². The highest BCUT2D eigenvalue weighted by molar-refractivity contribution is 6.33. The van der Waals surface area contributed by atoms with E-state index in [4.69, 9.17) is 25.5 Å². The normalized spacial score (nSPS) is 11.7. The zero-order valence-corrected chi connectivity index (χ0v) is 18.6. The lowest BCUT2D eigenvalue weighted by Crippen LogP contribution is -2.43. The fourth-order valence-electron chi connectivity index (χ4n) is 3.14. The number of ether oxygens (including phenoxy) is 2. The van der Waals surface area contributed by atoms with Gasteiger partial charge in [-0.15, -0.1) is 0 Å². The minimum Gasteiger partial charge on any atom is -0.445 e. The van der Waals surface area contributed by atoms with Gasteiger partial charge in [0.05, 0.1) is 5.02 Å². The highest BCUT2D eigenvalue weighted by Crippen LogP contribution is 2.31. The molecule has 2 aromatic carbocycles. The van der Waals surface area contributed by atoms with Crippen molar-refractivity contribution in [2.45, 2.75) is 45.8 Å². The molecular weight excluding hydrogens is 434 g/mol. The number of rotatable bonds is 8. The molecule has 3 rings (SSSR count). The van der Waals surface area contributed by atoms with Crippen LogP contribution >= 0.6 is 11.6 Å². The largest absolute Gasteiger partial charge is 0.445 e. The van der Waals surface area contributed by atoms with E-state index < -0.39 is 23.7 Å². The Labute approximate surface area is 190 Å². The van der Waals surface area contributed by atoms with E-state index in [2.05, 4.69) is 5.32 Å². The molecule has 7 nitrogen and oxygen atoms in total. The van der Waals surface area contributed by atoms with Crippen LogP contribution < -0.4 is 15.7 Å². The van der Waals surface area contributed by atoms with E-state index in [1.165, 1.54) is 12.1 Å². The number of nitrogens with one attached hydrogen (secondary N) is 1. The Morgan fingerprint density at radius 2 is 1.91 bits per heavy atom. The molecular formula is C24H24ClNO6. The average Bonchev–Trinajstić information content (AvgIpc) is 2.77. The minimum atomic E-state index is -0.922. The van der Waals surface area contributed by atoms with Gasteiger partial charge in [-0.2, -0.15) is 0 Å². The molecule has 0 radical (unpaired) electrons. The number of benzene rings is 2. The number of carbonyl (C=O) groups excluding carboxylic acids is 2. The Kier molecular flexibility index (Phi) is 7.89. The Bertz CT molecular complexity index is 1160. The van der Waals surface area contributed by atoms with E-state index in [9.17, 15) is 14.4 Å². The third-order valence-electron chi connectivity index (χ3n) is 4.85. The maximum absolute atomic E-state index is 12.8. The van der Waals surface area contributed by atoms with Crippen LogP contribution in [0.25, 0.3) is 11.0 Å². The van der Waals surface area contributed by atoms with E-state index >= 15 is 0 Å². The van der Waals surface area contributed by atoms with Crippen molar-refractivity contribution in [3.63, 3.8) is 0 Å². The van der Waals surface area contributed by atoms with Crippen molar-refractivity contribution in [3.8, 4) is 5.75 Å². The Hall–Kier alpha value is -3.32. The van der Waals surface area contributed by atoms with Crippen molar-refractivity contribution in [1.82, 2.24) is 5.32 Å². The molecule has 0 spiro atoms. The van der Waals surface area contributed by atoms with Crippen LogP contribution in [0.3, 0.4) is 0 Å². The van der Waals surface area contributed by atoms with Crippen molar-refractivity contribution in [3.05, 3.63) is 75.1 Å². The average molecular weight is 458 g/mol. The molecule has 0 bridgehead atoms. The molecule has 0 aliphatic heterocycles. The number of alkyl carbamates (subject to hydrolysis) is 1. The van der Waals surface area contributed by atoms with Crippen LogP contribution in [0.2, 0.25) is 5.02 Å². The topological polar surface area (TPSA) is 94.8 Å². The number of amides is 1. The second-order valence-corrected chi connectivity index (χ2v) is 7.76. The molecule has 0 aliphatic rings. The molecule has 32 heavy (non-hydrogen) atoms. The molecule has 0 saturated heterocycles. The summed E-state index contributed by atoms with van der Waals surface area (Å²) in [6.07, 6.45) is 1.16. The zero-order chi connectivity index (χ0) is 23.1. The molecule has 0 unspecified atom stereocenters. The third-order valence-corrected chi connectivity index (χ3v) is 5.15. The first-order valence-corrected chi connectivity index (χ1v) is 10.7. The SMILES string of the molecule is CCCC[C@@H](NC(=O)OCc1ccccc1)C(=O)Oc1cc2oc(=O)cc(C)c2cc1Cl. The number of carbonyl (C=O) groups is 2. The molecule has 168 valence electrons. The van der Waals surface area contributed by atoms with Crippen LogP contribution in [0, 0.1) is 6.92 Å². The van der Waals surface area contributed by atoms with Gasteiger partial charge in [-0.1, -0.05) is 61.7 Å². The number of fused-ring (bicyclic) bond motifs is 1. The van der Waals surface area contributed by atoms with Crippen LogP contribution in [-0.2, 0) is 16.1 Å². The minimum absolute atomic E-state index is 0.0406. The van der Waals surface area contributed by atoms with Crippen molar-refractivity contribution >= 4 is 34.6 Å². The first-order valence-electron chi connectivity index (χ1n) is 10.3. The standard InChI is InChI=1S/C24H24ClNO6/c1-3-4-10-19(26-24(29)30-14-16-8-6-5-7-9-16)23(28)32-21-13-20-17(12-18(21)25)15(2)11-22(27)31-20/h5-9,11-13,19H,3-4,10,14H2,1-2H3,(H,26,29)/t19-/m1/s1. The molecule has 1 amide bonds. The molecule has 1 heterocycles. The highest BCUT2D eigenvalue weighted by Gasteiger charge is 2.24. The monoisotopic (exact) mass is 457 g/mol. The summed E-state index contributed by atoms with van der Waals surface area (Å²) < 4.78 is 15.9. The van der Waals surface area contributed by atoms with Crippen molar-refractivity contribution in [1.29, 1.82) is 0 Å². The van der Waals surface area contributed by atoms with Crippen molar-refractivity contribution in [2.75, 3.05) is 0 Å². The molecule has 3 aromatic rings. The first kappa shape index (κ1) is 23.3. The first-order chi connectivity index (χ1) is 15.4. The van der Waals surface area contributed by atoms with Crippen LogP contribution in [0.15, 0.2) is 57.7 Å². The van der Waals surface area contributed by atoms with Gasteiger partial charge in [-0.25, -0.2) is 14.4 Å². The summed E-state index contributed by atoms with van der Waals surface area (Å²) in [5.74, 6) is -0.648. The summed E-state index contributed by atoms with van der Waals surface area (Å²) in [5.41, 5.74) is 1.26. The lowest BCUT2D eigenvalue weighted by molar-refractivity contribution is -0.136. The zero-order valence-electron chi connectivity index (χ0n) is 17.9. The molecule has 1 atom stereocenters. The summed E-state index contributed by atoms with van der Waals surface area (Å²) in [6, 6.07) is 12.6. The van der Waals surface area contributed by atoms with Gasteiger partial charge in [0.15, 0.2) is 5.75 Å². The van der Waals surface area contributed by atoms with E-state index in [-0.39, 0.29) is 23.0 Å². The summed E-state index contributed by atoms with van der Waals surface area (Å²) in [6.45, 7) is 3.81. The van der Waals surface area contributed by atoms with Gasteiger partial charge in [0.1, 0.15) is 18.2 Å². The maximum Gasteiger partial charge on any atom is 0.408 e. The van der Waals surface area contributed by atoms with E-state index in [0.29, 0.717) is 23.8 Å². The molecule has 8 heteroatoms. The summed E-state index contributed by atoms with van der Waals surface area (Å²) in [5, 5.41) is 3.39. The number of aryl methyl sites for hydroxylation is 1. The fourth-order valence-corrected chi connectivity index (χ4v) is 3.34.